The first-order chi connectivity index (χ1) is 21.3. The van der Waals surface area contributed by atoms with Crippen LogP contribution in [0.15, 0.2) is 60.7 Å². The molecule has 5 heteroatoms. The van der Waals surface area contributed by atoms with Crippen molar-refractivity contribution in [2.45, 2.75) is 112 Å². The maximum atomic E-state index is 10.4. The predicted molar refractivity (Wildman–Crippen MR) is 196 cm³/mol. The number of nitrogens with two attached hydrogens (primary N) is 1. The normalized spacial score (nSPS) is 12.1. The highest BCUT2D eigenvalue weighted by molar-refractivity contribution is 6.32. The number of hydrogen-bond donors (Lipinski definition) is 4. The molecule has 0 fully saturated rings. The van der Waals surface area contributed by atoms with Crippen LogP contribution in [0.1, 0.15) is 125 Å². The molecule has 0 aliphatic carbocycles. The zero-order valence-electron chi connectivity index (χ0n) is 29.7. The summed E-state index contributed by atoms with van der Waals surface area (Å²) in [5.41, 5.74) is 14.0. The van der Waals surface area contributed by atoms with Gasteiger partial charge in [0.15, 0.2) is 0 Å². The Morgan fingerprint density at radius 2 is 0.935 bits per heavy atom. The van der Waals surface area contributed by atoms with Crippen molar-refractivity contribution in [3.8, 4) is 17.2 Å². The number of unbranched alkanes of at least 4 members (excludes halogenated alkanes) is 2. The van der Waals surface area contributed by atoms with Crippen molar-refractivity contribution in [2.75, 3.05) is 5.73 Å². The quantitative estimate of drug-likeness (QED) is 0.114. The highest BCUT2D eigenvalue weighted by Gasteiger charge is 2.33. The number of halogens is 1. The minimum Gasteiger partial charge on any atom is -0.508 e. The van der Waals surface area contributed by atoms with Gasteiger partial charge in [-0.3, -0.25) is 0 Å². The van der Waals surface area contributed by atoms with Gasteiger partial charge in [-0.2, -0.15) is 0 Å². The van der Waals surface area contributed by atoms with Crippen molar-refractivity contribution < 1.29 is 15.3 Å². The van der Waals surface area contributed by atoms with Gasteiger partial charge in [-0.05, 0) is 89.0 Å². The molecule has 0 saturated heterocycles. The van der Waals surface area contributed by atoms with Gasteiger partial charge in [-0.25, -0.2) is 0 Å². The molecule has 0 radical (unpaired) electrons. The molecule has 5 N–H and O–H groups in total. The Bertz CT molecular complexity index is 1560. The number of phenols is 3. The molecule has 4 nitrogen and oxygen atoms in total. The van der Waals surface area contributed by atoms with Gasteiger partial charge in [0.2, 0.25) is 0 Å². The second-order valence-corrected chi connectivity index (χ2v) is 14.8. The number of nitrogen functional groups attached to an aromatic ring is 1. The second-order valence-electron chi connectivity index (χ2n) is 14.4. The van der Waals surface area contributed by atoms with Crippen LogP contribution in [0, 0.1) is 20.8 Å². The maximum Gasteiger partial charge on any atom is 0.141 e. The molecular formula is C41H54ClNO3. The topological polar surface area (TPSA) is 86.7 Å². The van der Waals surface area contributed by atoms with Gasteiger partial charge in [0.05, 0.1) is 10.7 Å². The molecule has 4 rings (SSSR count). The van der Waals surface area contributed by atoms with E-state index in [-0.39, 0.29) is 22.7 Å². The predicted octanol–water partition coefficient (Wildman–Crippen LogP) is 11.1. The summed E-state index contributed by atoms with van der Waals surface area (Å²) in [5, 5.41) is 31.2. The summed E-state index contributed by atoms with van der Waals surface area (Å²) in [7, 11) is 0. The first kappa shape index (κ1) is 36.8. The van der Waals surface area contributed by atoms with Crippen LogP contribution in [0.2, 0.25) is 5.02 Å². The van der Waals surface area contributed by atoms with Crippen LogP contribution in [-0.2, 0) is 16.2 Å². The average Bonchev–Trinajstić information content (AvgIpc) is 2.99. The number of rotatable bonds is 8. The van der Waals surface area contributed by atoms with Crippen molar-refractivity contribution in [1.82, 2.24) is 0 Å². The summed E-state index contributed by atoms with van der Waals surface area (Å²) in [5.74, 6) is 0.496. The lowest BCUT2D eigenvalue weighted by atomic mass is 9.69. The van der Waals surface area contributed by atoms with Crippen molar-refractivity contribution in [2.24, 2.45) is 0 Å². The molecule has 0 aliphatic heterocycles. The summed E-state index contributed by atoms with van der Waals surface area (Å²) in [6.07, 6.45) is 4.08. The van der Waals surface area contributed by atoms with Crippen molar-refractivity contribution >= 4 is 17.3 Å². The van der Waals surface area contributed by atoms with Crippen LogP contribution in [0.25, 0.3) is 0 Å². The monoisotopic (exact) mass is 643 g/mol. The standard InChI is InChI=1S/C36H42ClNO3.C5H12/c1-20-12-23(10-11-31(20)39)34(4,5)26-15-27(35(6,7)24-13-21(2)32(40)29(37)18-24)17-28(16-26)36(8,9)25-14-22(3)33(41)30(38)19-25;1-3-5-4-2/h10-19,39-41H,38H2,1-9H3;3-5H2,1-2H3. The van der Waals surface area contributed by atoms with Gasteiger partial charge in [0, 0.05) is 16.2 Å². The van der Waals surface area contributed by atoms with Crippen LogP contribution >= 0.6 is 11.6 Å². The highest BCUT2D eigenvalue weighted by Crippen LogP contribution is 2.44. The molecule has 0 saturated carbocycles. The Labute approximate surface area is 282 Å². The Hall–Kier alpha value is -3.63. The molecule has 0 atom stereocenters. The van der Waals surface area contributed by atoms with Crippen molar-refractivity contribution in [1.29, 1.82) is 0 Å². The largest absolute Gasteiger partial charge is 0.508 e. The van der Waals surface area contributed by atoms with E-state index in [0.29, 0.717) is 10.7 Å². The number of anilines is 1. The van der Waals surface area contributed by atoms with E-state index < -0.39 is 10.8 Å². The maximum absolute atomic E-state index is 10.4. The fourth-order valence-electron chi connectivity index (χ4n) is 5.87. The van der Waals surface area contributed by atoms with E-state index in [9.17, 15) is 15.3 Å². The minimum absolute atomic E-state index is 0.103. The Balaban J connectivity index is 0.00000107. The highest BCUT2D eigenvalue weighted by atomic mass is 35.5. The Kier molecular flexibility index (Phi) is 11.2. The van der Waals surface area contributed by atoms with Gasteiger partial charge in [0.1, 0.15) is 17.2 Å². The van der Waals surface area contributed by atoms with E-state index in [0.717, 1.165) is 50.1 Å². The molecule has 0 aromatic heterocycles. The Morgan fingerprint density at radius 1 is 0.543 bits per heavy atom. The van der Waals surface area contributed by atoms with E-state index in [2.05, 4.69) is 73.6 Å². The van der Waals surface area contributed by atoms with Gasteiger partial charge in [0.25, 0.3) is 0 Å². The summed E-state index contributed by atoms with van der Waals surface area (Å²) >= 11 is 6.45. The zero-order valence-corrected chi connectivity index (χ0v) is 30.4. The molecule has 0 heterocycles. The summed E-state index contributed by atoms with van der Waals surface area (Å²) in [6.45, 7) is 23.2. The van der Waals surface area contributed by atoms with Crippen LogP contribution < -0.4 is 5.73 Å². The molecule has 46 heavy (non-hydrogen) atoms. The van der Waals surface area contributed by atoms with Crippen LogP contribution in [0.4, 0.5) is 5.69 Å². The number of hydrogen-bond acceptors (Lipinski definition) is 4. The van der Waals surface area contributed by atoms with Gasteiger partial charge >= 0.3 is 0 Å². The van der Waals surface area contributed by atoms with Crippen LogP contribution in [0.5, 0.6) is 17.2 Å². The molecule has 0 aliphatic rings. The first-order valence-corrected chi connectivity index (χ1v) is 16.7. The zero-order chi connectivity index (χ0) is 34.8. The number of aromatic hydroxyl groups is 3. The third-order valence-corrected chi connectivity index (χ3v) is 10.0. The smallest absolute Gasteiger partial charge is 0.141 e. The summed E-state index contributed by atoms with van der Waals surface area (Å²) in [6, 6.07) is 20.3. The summed E-state index contributed by atoms with van der Waals surface area (Å²) in [4.78, 5) is 0. The van der Waals surface area contributed by atoms with E-state index in [1.165, 1.54) is 19.3 Å². The van der Waals surface area contributed by atoms with Gasteiger partial charge < -0.3 is 21.1 Å². The Morgan fingerprint density at radius 3 is 1.33 bits per heavy atom. The average molecular weight is 644 g/mol. The molecule has 4 aromatic carbocycles. The number of benzene rings is 4. The third kappa shape index (κ3) is 7.50. The van der Waals surface area contributed by atoms with Gasteiger partial charge in [-0.15, -0.1) is 0 Å². The number of aryl methyl sites for hydroxylation is 3. The SMILES string of the molecule is CCCCC.Cc1cc(C(C)(C)c2cc(C(C)(C)c3cc(C)c(O)c(N)c3)cc(C(C)(C)c3cc(C)c(O)c(Cl)c3)c2)ccc1O. The minimum atomic E-state index is -0.451. The van der Waals surface area contributed by atoms with Crippen molar-refractivity contribution in [3.05, 3.63) is 116 Å². The van der Waals surface area contributed by atoms with Gasteiger partial charge in [-0.1, -0.05) is 129 Å². The molecular weight excluding hydrogens is 590 g/mol. The molecule has 0 spiro atoms. The van der Waals surface area contributed by atoms with Crippen LogP contribution in [-0.4, -0.2) is 15.3 Å². The third-order valence-electron chi connectivity index (χ3n) is 9.75. The molecule has 0 amide bonds. The lowest BCUT2D eigenvalue weighted by Crippen LogP contribution is -2.27. The number of phenolic OH excluding ortho intramolecular Hbond substituents is 3. The molecule has 0 bridgehead atoms. The van der Waals surface area contributed by atoms with Crippen molar-refractivity contribution in [3.63, 3.8) is 0 Å². The van der Waals surface area contributed by atoms with E-state index in [4.69, 9.17) is 17.3 Å². The van der Waals surface area contributed by atoms with E-state index in [1.54, 1.807) is 6.07 Å². The van der Waals surface area contributed by atoms with E-state index in [1.807, 2.05) is 57.2 Å². The van der Waals surface area contributed by atoms with E-state index >= 15 is 0 Å². The lowest BCUT2D eigenvalue weighted by Gasteiger charge is -2.35. The lowest BCUT2D eigenvalue weighted by molar-refractivity contribution is 0.470. The first-order valence-electron chi connectivity index (χ1n) is 16.3. The molecule has 248 valence electrons. The molecule has 4 aromatic rings. The summed E-state index contributed by atoms with van der Waals surface area (Å²) < 4.78 is 0. The fraction of sp³-hybridized carbons (Fsp3) is 0.415. The van der Waals surface area contributed by atoms with Crippen LogP contribution in [0.3, 0.4) is 0 Å². The fourth-order valence-corrected chi connectivity index (χ4v) is 6.14. The molecule has 0 unspecified atom stereocenters. The second kappa shape index (κ2) is 14.0.